The highest BCUT2D eigenvalue weighted by Crippen LogP contribution is 2.20. The molecule has 1 unspecified atom stereocenters. The minimum absolute atomic E-state index is 0.198. The van der Waals surface area contributed by atoms with Gasteiger partial charge < -0.3 is 0 Å². The van der Waals surface area contributed by atoms with E-state index in [4.69, 9.17) is 4.55 Å². The van der Waals surface area contributed by atoms with Crippen molar-refractivity contribution in [3.05, 3.63) is 0 Å². The fraction of sp³-hybridized carbons (Fsp3) is 1.00. The lowest BCUT2D eigenvalue weighted by atomic mass is 11.0. The average Bonchev–Trinajstić information content (AvgIpc) is 1.56. The summed E-state index contributed by atoms with van der Waals surface area (Å²) in [7, 11) is -7.48. The summed E-state index contributed by atoms with van der Waals surface area (Å²) >= 11 is 0. The van der Waals surface area contributed by atoms with Crippen molar-refractivity contribution in [3.63, 3.8) is 0 Å². The molecule has 0 bridgehead atoms. The van der Waals surface area contributed by atoms with Crippen LogP contribution in [0, 0.1) is 0 Å². The molecule has 0 aliphatic carbocycles. The van der Waals surface area contributed by atoms with Crippen molar-refractivity contribution < 1.29 is 21.4 Å². The van der Waals surface area contributed by atoms with E-state index in [1.54, 1.807) is 0 Å². The molecule has 0 fully saturated rings. The molecule has 0 saturated carbocycles. The quantitative estimate of drug-likeness (QED) is 0.528. The van der Waals surface area contributed by atoms with Crippen LogP contribution in [0.2, 0.25) is 0 Å². The number of hydrogen-bond donors (Lipinski definition) is 1. The predicted molar refractivity (Wildman–Crippen MR) is 43.4 cm³/mol. The third-order valence-electron chi connectivity index (χ3n) is 0.730. The lowest BCUT2D eigenvalue weighted by Crippen LogP contribution is -2.14. The molecule has 1 atom stereocenters. The Hall–Kier alpha value is 0.210. The monoisotopic (exact) mass is 220 g/mol. The molecule has 11 heavy (non-hydrogen) atoms. The van der Waals surface area contributed by atoms with Gasteiger partial charge in [-0.3, -0.25) is 4.55 Å². The van der Waals surface area contributed by atoms with Crippen molar-refractivity contribution in [2.75, 3.05) is 6.26 Å². The first-order valence-corrected chi connectivity index (χ1v) is 7.26. The molecule has 0 aromatic rings. The van der Waals surface area contributed by atoms with Crippen molar-refractivity contribution in [2.24, 2.45) is 0 Å². The van der Waals surface area contributed by atoms with E-state index < -0.39 is 23.6 Å². The van der Waals surface area contributed by atoms with E-state index in [0.29, 0.717) is 0 Å². The van der Waals surface area contributed by atoms with Gasteiger partial charge in [0.05, 0.1) is 0 Å². The third-order valence-corrected chi connectivity index (χ3v) is 5.49. The lowest BCUT2D eigenvalue weighted by molar-refractivity contribution is 0.482. The molecule has 0 aromatic heterocycles. The van der Waals surface area contributed by atoms with Crippen molar-refractivity contribution in [3.8, 4) is 0 Å². The van der Waals surface area contributed by atoms with Gasteiger partial charge in [-0.2, -0.15) is 8.42 Å². The molecule has 5 nitrogen and oxygen atoms in total. The Morgan fingerprint density at radius 1 is 1.27 bits per heavy atom. The van der Waals surface area contributed by atoms with E-state index in [0.717, 1.165) is 13.2 Å². The Labute approximate surface area is 69.2 Å². The van der Waals surface area contributed by atoms with Gasteiger partial charge in [0.25, 0.3) is 10.1 Å². The zero-order chi connectivity index (χ0) is 9.28. The van der Waals surface area contributed by atoms with Crippen LogP contribution in [0.1, 0.15) is 6.92 Å². The Bertz CT molecular complexity index is 311. The summed E-state index contributed by atoms with van der Waals surface area (Å²) < 4.78 is 48.5. The molecule has 0 aromatic carbocycles. The van der Waals surface area contributed by atoms with Gasteiger partial charge in [-0.1, -0.05) is 0 Å². The van der Waals surface area contributed by atoms with Crippen molar-refractivity contribution in [1.82, 2.24) is 0 Å². The Balaban J connectivity index is 4.47. The zero-order valence-corrected chi connectivity index (χ0v) is 8.33. The second-order valence-corrected chi connectivity index (χ2v) is 8.62. The molecule has 0 radical (unpaired) electrons. The second kappa shape index (κ2) is 3.30. The molecule has 0 aliphatic heterocycles. The average molecular weight is 220 g/mol. The first-order chi connectivity index (χ1) is 4.63. The van der Waals surface area contributed by atoms with Crippen LogP contribution < -0.4 is 0 Å². The maximum Gasteiger partial charge on any atom is 0.278 e. The second-order valence-electron chi connectivity index (χ2n) is 1.88. The van der Waals surface area contributed by atoms with Gasteiger partial charge in [-0.05, 0) is 17.7 Å². The van der Waals surface area contributed by atoms with E-state index in [1.807, 2.05) is 0 Å². The van der Waals surface area contributed by atoms with E-state index in [2.05, 4.69) is 0 Å². The van der Waals surface area contributed by atoms with Crippen LogP contribution in [0.15, 0.2) is 0 Å². The normalized spacial score (nSPS) is 16.3. The van der Waals surface area contributed by atoms with Gasteiger partial charge in [-0.15, -0.1) is 0 Å². The number of rotatable bonds is 3. The number of hydrogen-bond acceptors (Lipinski definition) is 5. The summed E-state index contributed by atoms with van der Waals surface area (Å²) in [5, 5.41) is 0. The lowest BCUT2D eigenvalue weighted by Gasteiger charge is -2.03. The van der Waals surface area contributed by atoms with Gasteiger partial charge in [0.1, 0.15) is 4.58 Å². The molecule has 68 valence electrons. The van der Waals surface area contributed by atoms with Crippen LogP contribution in [0.25, 0.3) is 0 Å². The van der Waals surface area contributed by atoms with Gasteiger partial charge >= 0.3 is 0 Å². The van der Waals surface area contributed by atoms with Crippen molar-refractivity contribution in [2.45, 2.75) is 11.5 Å². The fourth-order valence-corrected chi connectivity index (χ4v) is 4.84. The van der Waals surface area contributed by atoms with E-state index >= 15 is 0 Å². The molecule has 0 heterocycles. The van der Waals surface area contributed by atoms with Crippen LogP contribution in [-0.2, 0) is 19.0 Å². The Kier molecular flexibility index (Phi) is 3.36. The molecule has 0 aliphatic rings. The first-order valence-electron chi connectivity index (χ1n) is 2.47. The van der Waals surface area contributed by atoms with E-state index in [9.17, 15) is 16.8 Å². The summed E-state index contributed by atoms with van der Waals surface area (Å²) in [5.41, 5.74) is 0. The molecular weight excluding hydrogens is 212 g/mol. The summed E-state index contributed by atoms with van der Waals surface area (Å²) in [6, 6.07) is 0. The van der Waals surface area contributed by atoms with Crippen molar-refractivity contribution in [1.29, 1.82) is 0 Å². The zero-order valence-electron chi connectivity index (χ0n) is 5.88. The van der Waals surface area contributed by atoms with Crippen LogP contribution in [0.5, 0.6) is 0 Å². The van der Waals surface area contributed by atoms with E-state index in [1.165, 1.54) is 0 Å². The molecular formula is C3H8O5S3. The third kappa shape index (κ3) is 5.48. The molecule has 8 heteroatoms. The molecule has 0 rings (SSSR count). The first kappa shape index (κ1) is 11.2. The maximum atomic E-state index is 10.5. The minimum atomic E-state index is -4.25. The summed E-state index contributed by atoms with van der Waals surface area (Å²) in [5.74, 6) is 0. The van der Waals surface area contributed by atoms with Crippen molar-refractivity contribution >= 4 is 29.8 Å². The minimum Gasteiger partial charge on any atom is -0.285 e. The smallest absolute Gasteiger partial charge is 0.278 e. The van der Waals surface area contributed by atoms with Crippen LogP contribution in [0.3, 0.4) is 0 Å². The largest absolute Gasteiger partial charge is 0.285 e. The van der Waals surface area contributed by atoms with Crippen LogP contribution >= 0.6 is 10.8 Å². The topological polar surface area (TPSA) is 88.5 Å². The van der Waals surface area contributed by atoms with Crippen LogP contribution in [-0.4, -0.2) is 32.2 Å². The highest BCUT2D eigenvalue weighted by molar-refractivity contribution is 8.73. The van der Waals surface area contributed by atoms with Gasteiger partial charge in [0.15, 0.2) is 8.87 Å². The standard InChI is InChI=1S/C3H8O5S3/c1-3(11(6,7)8)9-10(2,4)5/h3H,1-2H3,(H,6,7,8). The fourth-order valence-electron chi connectivity index (χ4n) is 0.296. The van der Waals surface area contributed by atoms with Crippen LogP contribution in [0.4, 0.5) is 0 Å². The van der Waals surface area contributed by atoms with Gasteiger partial charge in [0.2, 0.25) is 0 Å². The van der Waals surface area contributed by atoms with Gasteiger partial charge in [-0.25, -0.2) is 8.42 Å². The maximum absolute atomic E-state index is 10.5. The summed E-state index contributed by atoms with van der Waals surface area (Å²) in [6.07, 6.45) is 0.874. The van der Waals surface area contributed by atoms with Gasteiger partial charge in [0, 0.05) is 6.26 Å². The predicted octanol–water partition coefficient (Wildman–Crippen LogP) is -0.0870. The molecule has 1 N–H and O–H groups in total. The SMILES string of the molecule is CC(SS(C)(=O)=O)S(=O)(=O)O. The molecule has 0 spiro atoms. The summed E-state index contributed by atoms with van der Waals surface area (Å²) in [6.45, 7) is 1.10. The molecule has 0 amide bonds. The van der Waals surface area contributed by atoms with E-state index in [-0.39, 0.29) is 10.8 Å². The molecule has 0 saturated heterocycles. The Morgan fingerprint density at radius 3 is 1.73 bits per heavy atom. The summed E-state index contributed by atoms with van der Waals surface area (Å²) in [4.78, 5) is 0. The highest BCUT2D eigenvalue weighted by atomic mass is 33.1. The highest BCUT2D eigenvalue weighted by Gasteiger charge is 2.22. The Morgan fingerprint density at radius 2 is 1.64 bits per heavy atom.